The van der Waals surface area contributed by atoms with E-state index in [0.29, 0.717) is 24.0 Å². The fraction of sp³-hybridized carbons (Fsp3) is 0.455. The first-order valence-corrected chi connectivity index (χ1v) is 10.5. The second-order valence-electron chi connectivity index (χ2n) is 7.73. The Morgan fingerprint density at radius 1 is 1.24 bits per heavy atom. The SMILES string of the molecule is O=C(Cc1cccnc1)NCC1CCN(C[C@H]2COc3ccc(Cl)cc3O2)CC1. The van der Waals surface area contributed by atoms with Crippen LogP contribution >= 0.6 is 11.6 Å². The van der Waals surface area contributed by atoms with Crippen LogP contribution in [0.5, 0.6) is 11.5 Å². The summed E-state index contributed by atoms with van der Waals surface area (Å²) in [7, 11) is 0. The molecule has 29 heavy (non-hydrogen) atoms. The number of aromatic nitrogens is 1. The molecule has 2 aliphatic rings. The number of likely N-dealkylation sites (tertiary alicyclic amines) is 1. The van der Waals surface area contributed by atoms with E-state index in [2.05, 4.69) is 15.2 Å². The van der Waals surface area contributed by atoms with Gasteiger partial charge in [0.25, 0.3) is 0 Å². The first-order chi connectivity index (χ1) is 14.2. The number of carbonyl (C=O) groups excluding carboxylic acids is 1. The summed E-state index contributed by atoms with van der Waals surface area (Å²) in [4.78, 5) is 18.6. The number of benzene rings is 1. The molecule has 0 saturated carbocycles. The van der Waals surface area contributed by atoms with E-state index in [1.165, 1.54) is 0 Å². The molecule has 1 aromatic carbocycles. The number of amides is 1. The van der Waals surface area contributed by atoms with Gasteiger partial charge >= 0.3 is 0 Å². The van der Waals surface area contributed by atoms with Gasteiger partial charge < -0.3 is 14.8 Å². The Hall–Kier alpha value is -2.31. The number of halogens is 1. The molecule has 1 amide bonds. The van der Waals surface area contributed by atoms with E-state index in [4.69, 9.17) is 21.1 Å². The third-order valence-corrected chi connectivity index (χ3v) is 5.70. The van der Waals surface area contributed by atoms with Gasteiger partial charge in [-0.25, -0.2) is 0 Å². The smallest absolute Gasteiger partial charge is 0.224 e. The Kier molecular flexibility index (Phi) is 6.52. The number of nitrogens with one attached hydrogen (secondary N) is 1. The minimum atomic E-state index is 0.0108. The number of fused-ring (bicyclic) bond motifs is 1. The minimum absolute atomic E-state index is 0.0108. The fourth-order valence-corrected chi connectivity index (χ4v) is 4.01. The fourth-order valence-electron chi connectivity index (χ4n) is 3.85. The zero-order chi connectivity index (χ0) is 20.1. The van der Waals surface area contributed by atoms with Crippen molar-refractivity contribution in [3.63, 3.8) is 0 Å². The Morgan fingerprint density at radius 2 is 2.10 bits per heavy atom. The standard InChI is InChI=1S/C22H26ClN3O3/c23-18-3-4-20-21(11-18)29-19(15-28-20)14-26-8-5-16(6-9-26)13-25-22(27)10-17-2-1-7-24-12-17/h1-4,7,11-12,16,19H,5-6,8-10,13-15H2,(H,25,27)/t19-/m0/s1. The van der Waals surface area contributed by atoms with Crippen LogP contribution in [0, 0.1) is 5.92 Å². The Morgan fingerprint density at radius 3 is 2.90 bits per heavy atom. The number of carbonyl (C=O) groups is 1. The molecule has 1 N–H and O–H groups in total. The summed E-state index contributed by atoms with van der Waals surface area (Å²) in [6.45, 7) is 4.14. The predicted octanol–water partition coefficient (Wildman–Crippen LogP) is 2.95. The van der Waals surface area contributed by atoms with Crippen LogP contribution in [0.3, 0.4) is 0 Å². The van der Waals surface area contributed by atoms with E-state index in [1.807, 2.05) is 30.3 Å². The molecule has 1 fully saturated rings. The summed E-state index contributed by atoms with van der Waals surface area (Å²) < 4.78 is 11.9. The highest BCUT2D eigenvalue weighted by atomic mass is 35.5. The van der Waals surface area contributed by atoms with Crippen molar-refractivity contribution in [3.8, 4) is 11.5 Å². The van der Waals surface area contributed by atoms with E-state index < -0.39 is 0 Å². The van der Waals surface area contributed by atoms with Gasteiger partial charge in [0.2, 0.25) is 5.91 Å². The Bertz CT molecular complexity index is 825. The maximum absolute atomic E-state index is 12.1. The number of hydrogen-bond donors (Lipinski definition) is 1. The van der Waals surface area contributed by atoms with Crippen LogP contribution in [0.15, 0.2) is 42.7 Å². The lowest BCUT2D eigenvalue weighted by molar-refractivity contribution is -0.120. The highest BCUT2D eigenvalue weighted by Gasteiger charge is 2.26. The van der Waals surface area contributed by atoms with Crippen LogP contribution in [0.25, 0.3) is 0 Å². The molecule has 0 radical (unpaired) electrons. The maximum Gasteiger partial charge on any atom is 0.224 e. The molecule has 2 aliphatic heterocycles. The van der Waals surface area contributed by atoms with E-state index in [9.17, 15) is 4.79 Å². The van der Waals surface area contributed by atoms with Crippen LogP contribution in [0.2, 0.25) is 5.02 Å². The largest absolute Gasteiger partial charge is 0.486 e. The van der Waals surface area contributed by atoms with Crippen molar-refractivity contribution in [2.24, 2.45) is 5.92 Å². The number of ether oxygens (including phenoxy) is 2. The summed E-state index contributed by atoms with van der Waals surface area (Å²) in [5, 5.41) is 3.72. The third-order valence-electron chi connectivity index (χ3n) is 5.47. The highest BCUT2D eigenvalue weighted by Crippen LogP contribution is 2.34. The molecular weight excluding hydrogens is 390 g/mol. The maximum atomic E-state index is 12.1. The van der Waals surface area contributed by atoms with Gasteiger partial charge in [-0.05, 0) is 55.6 Å². The van der Waals surface area contributed by atoms with Crippen molar-refractivity contribution in [1.29, 1.82) is 0 Å². The average molecular weight is 416 g/mol. The molecule has 0 spiro atoms. The van der Waals surface area contributed by atoms with Crippen molar-refractivity contribution >= 4 is 17.5 Å². The summed E-state index contributed by atoms with van der Waals surface area (Å²) in [6.07, 6.45) is 6.00. The normalized spacial score (nSPS) is 19.7. The van der Waals surface area contributed by atoms with Gasteiger partial charge in [-0.3, -0.25) is 14.7 Å². The van der Waals surface area contributed by atoms with Crippen LogP contribution < -0.4 is 14.8 Å². The molecule has 0 unspecified atom stereocenters. The average Bonchev–Trinajstić information content (AvgIpc) is 2.74. The monoisotopic (exact) mass is 415 g/mol. The van der Waals surface area contributed by atoms with Crippen LogP contribution in [0.1, 0.15) is 18.4 Å². The first-order valence-electron chi connectivity index (χ1n) is 10.1. The molecule has 0 bridgehead atoms. The third kappa shape index (κ3) is 5.61. The van der Waals surface area contributed by atoms with Crippen molar-refractivity contribution in [1.82, 2.24) is 15.2 Å². The molecule has 3 heterocycles. The summed E-state index contributed by atoms with van der Waals surface area (Å²) >= 11 is 6.05. The van der Waals surface area contributed by atoms with Crippen molar-refractivity contribution in [2.45, 2.75) is 25.4 Å². The number of piperidine rings is 1. The Labute approximate surface area is 176 Å². The van der Waals surface area contributed by atoms with E-state index in [1.54, 1.807) is 12.4 Å². The number of rotatable bonds is 6. The van der Waals surface area contributed by atoms with Crippen molar-refractivity contribution < 1.29 is 14.3 Å². The number of pyridine rings is 1. The molecular formula is C22H26ClN3O3. The van der Waals surface area contributed by atoms with Crippen molar-refractivity contribution in [3.05, 3.63) is 53.3 Å². The van der Waals surface area contributed by atoms with E-state index in [0.717, 1.165) is 56.1 Å². The predicted molar refractivity (Wildman–Crippen MR) is 111 cm³/mol. The zero-order valence-electron chi connectivity index (χ0n) is 16.4. The lowest BCUT2D eigenvalue weighted by Crippen LogP contribution is -2.45. The molecule has 4 rings (SSSR count). The molecule has 0 aliphatic carbocycles. The van der Waals surface area contributed by atoms with Gasteiger partial charge in [-0.2, -0.15) is 0 Å². The lowest BCUT2D eigenvalue weighted by atomic mass is 9.96. The molecule has 1 saturated heterocycles. The topological polar surface area (TPSA) is 63.7 Å². The highest BCUT2D eigenvalue weighted by molar-refractivity contribution is 6.30. The van der Waals surface area contributed by atoms with Gasteiger partial charge in [-0.1, -0.05) is 17.7 Å². The van der Waals surface area contributed by atoms with Gasteiger partial charge in [-0.15, -0.1) is 0 Å². The minimum Gasteiger partial charge on any atom is -0.486 e. The summed E-state index contributed by atoms with van der Waals surface area (Å²) in [5.74, 6) is 2.06. The lowest BCUT2D eigenvalue weighted by Gasteiger charge is -2.35. The van der Waals surface area contributed by atoms with Crippen molar-refractivity contribution in [2.75, 3.05) is 32.8 Å². The molecule has 1 aromatic heterocycles. The molecule has 6 nitrogen and oxygen atoms in total. The van der Waals surface area contributed by atoms with Gasteiger partial charge in [0.1, 0.15) is 12.7 Å². The van der Waals surface area contributed by atoms with E-state index >= 15 is 0 Å². The Balaban J connectivity index is 1.17. The summed E-state index contributed by atoms with van der Waals surface area (Å²) in [6, 6.07) is 9.25. The summed E-state index contributed by atoms with van der Waals surface area (Å²) in [5.41, 5.74) is 0.942. The van der Waals surface area contributed by atoms with Gasteiger partial charge in [0.05, 0.1) is 6.42 Å². The van der Waals surface area contributed by atoms with Gasteiger partial charge in [0.15, 0.2) is 11.5 Å². The quantitative estimate of drug-likeness (QED) is 0.785. The second kappa shape index (κ2) is 9.46. The second-order valence-corrected chi connectivity index (χ2v) is 8.16. The van der Waals surface area contributed by atoms with Gasteiger partial charge in [0, 0.05) is 36.6 Å². The molecule has 2 aromatic rings. The van der Waals surface area contributed by atoms with Crippen LogP contribution in [-0.4, -0.2) is 54.7 Å². The molecule has 154 valence electrons. The van der Waals surface area contributed by atoms with Crippen LogP contribution in [0.4, 0.5) is 0 Å². The first kappa shape index (κ1) is 20.0. The molecule has 7 heteroatoms. The van der Waals surface area contributed by atoms with E-state index in [-0.39, 0.29) is 12.0 Å². The van der Waals surface area contributed by atoms with Crippen LogP contribution in [-0.2, 0) is 11.2 Å². The zero-order valence-corrected chi connectivity index (χ0v) is 17.1. The number of nitrogens with zero attached hydrogens (tertiary/aromatic N) is 2. The molecule has 1 atom stereocenters. The number of hydrogen-bond acceptors (Lipinski definition) is 5.